The Labute approximate surface area is 225 Å². The molecule has 0 atom stereocenters. The van der Waals surface area contributed by atoms with Crippen LogP contribution in [0.25, 0.3) is 6.08 Å². The van der Waals surface area contributed by atoms with Gasteiger partial charge in [-0.2, -0.15) is 0 Å². The van der Waals surface area contributed by atoms with E-state index in [1.165, 1.54) is 16.7 Å². The van der Waals surface area contributed by atoms with Gasteiger partial charge in [0.2, 0.25) is 12.7 Å². The number of nitro groups is 2. The monoisotopic (exact) mass is 559 g/mol. The lowest BCUT2D eigenvalue weighted by Gasteiger charge is -2.14. The number of ether oxygens (including phenoxy) is 2. The number of hydrogen-bond donors (Lipinski definition) is 2. The highest BCUT2D eigenvalue weighted by Gasteiger charge is 2.31. The number of carbonyl (C=O) groups is 2. The number of hydrogen-bond acceptors (Lipinski definition) is 11. The molecule has 0 unspecified atom stereocenters. The molecule has 2 aromatic carbocycles. The summed E-state index contributed by atoms with van der Waals surface area (Å²) in [6.45, 7) is 0.583. The van der Waals surface area contributed by atoms with E-state index in [2.05, 4.69) is 10.9 Å². The maximum absolute atomic E-state index is 12.8. The number of benzene rings is 2. The summed E-state index contributed by atoms with van der Waals surface area (Å²) in [5, 5.41) is 22.0. The van der Waals surface area contributed by atoms with Crippen LogP contribution in [0, 0.1) is 20.2 Å². The molecule has 2 heterocycles. The molecule has 0 saturated carbocycles. The molecule has 38 heavy (non-hydrogen) atoms. The number of unbranched alkanes of at least 4 members (excludes halogenated alkanes) is 2. The van der Waals surface area contributed by atoms with Gasteiger partial charge < -0.3 is 9.47 Å². The predicted molar refractivity (Wildman–Crippen MR) is 142 cm³/mol. The van der Waals surface area contributed by atoms with Crippen LogP contribution in [-0.4, -0.2) is 44.2 Å². The normalized spacial score (nSPS) is 15.2. The van der Waals surface area contributed by atoms with Gasteiger partial charge in [-0.3, -0.25) is 45.6 Å². The number of hydrazine groups is 1. The van der Waals surface area contributed by atoms with E-state index in [0.29, 0.717) is 46.5 Å². The molecular weight excluding hydrogens is 538 g/mol. The van der Waals surface area contributed by atoms with E-state index in [1.54, 1.807) is 18.2 Å². The zero-order valence-corrected chi connectivity index (χ0v) is 21.3. The molecular formula is C23H21N5O8S2. The standard InChI is InChI=1S/C23H21N5O8S2/c29-21(25-24-16-7-6-15(27(31)32)12-17(16)28(33)34)4-2-1-3-9-26-22(30)20(38-23(26)37)11-14-5-8-18-19(10-14)36-13-35-18/h5-8,10-12,24H,1-4,9,13H2,(H,25,29). The van der Waals surface area contributed by atoms with Gasteiger partial charge >= 0.3 is 5.69 Å². The minimum absolute atomic E-state index is 0.0721. The van der Waals surface area contributed by atoms with Crippen molar-refractivity contribution < 1.29 is 28.9 Å². The zero-order valence-electron chi connectivity index (χ0n) is 19.7. The first-order chi connectivity index (χ1) is 18.2. The molecule has 198 valence electrons. The number of carbonyl (C=O) groups excluding carboxylic acids is 2. The van der Waals surface area contributed by atoms with Crippen LogP contribution in [0.1, 0.15) is 31.2 Å². The number of amides is 2. The Morgan fingerprint density at radius 3 is 2.63 bits per heavy atom. The number of nitro benzene ring substituents is 2. The fraction of sp³-hybridized carbons (Fsp3) is 0.261. The first kappa shape index (κ1) is 26.8. The molecule has 0 radical (unpaired) electrons. The lowest BCUT2D eigenvalue weighted by atomic mass is 10.1. The van der Waals surface area contributed by atoms with Gasteiger partial charge in [0.15, 0.2) is 11.5 Å². The highest BCUT2D eigenvalue weighted by molar-refractivity contribution is 8.26. The predicted octanol–water partition coefficient (Wildman–Crippen LogP) is 4.14. The van der Waals surface area contributed by atoms with Crippen molar-refractivity contribution in [2.45, 2.75) is 25.7 Å². The van der Waals surface area contributed by atoms with Gasteiger partial charge in [0, 0.05) is 19.0 Å². The summed E-state index contributed by atoms with van der Waals surface area (Å²) in [6.07, 6.45) is 3.67. The lowest BCUT2D eigenvalue weighted by molar-refractivity contribution is -0.393. The molecule has 13 nitrogen and oxygen atoms in total. The van der Waals surface area contributed by atoms with Crippen LogP contribution in [0.2, 0.25) is 0 Å². The third-order valence-electron chi connectivity index (χ3n) is 5.58. The molecule has 0 aliphatic carbocycles. The molecule has 15 heteroatoms. The fourth-order valence-corrected chi connectivity index (χ4v) is 4.98. The minimum Gasteiger partial charge on any atom is -0.454 e. The zero-order chi connectivity index (χ0) is 27.2. The topological polar surface area (TPSA) is 166 Å². The van der Waals surface area contributed by atoms with Gasteiger partial charge in [-0.1, -0.05) is 36.5 Å². The third-order valence-corrected chi connectivity index (χ3v) is 6.96. The van der Waals surface area contributed by atoms with Crippen molar-refractivity contribution in [2.75, 3.05) is 18.8 Å². The van der Waals surface area contributed by atoms with E-state index in [1.807, 2.05) is 6.07 Å². The Balaban J connectivity index is 1.20. The summed E-state index contributed by atoms with van der Waals surface area (Å²) >= 11 is 6.59. The number of nitrogens with zero attached hydrogens (tertiary/aromatic N) is 3. The first-order valence-electron chi connectivity index (χ1n) is 11.4. The molecule has 2 N–H and O–H groups in total. The fourth-order valence-electron chi connectivity index (χ4n) is 3.67. The van der Waals surface area contributed by atoms with E-state index in [0.717, 1.165) is 23.8 Å². The second-order valence-electron chi connectivity index (χ2n) is 8.15. The van der Waals surface area contributed by atoms with Crippen molar-refractivity contribution in [1.82, 2.24) is 10.3 Å². The molecule has 2 aromatic rings. The summed E-state index contributed by atoms with van der Waals surface area (Å²) in [5.41, 5.74) is 4.56. The molecule has 0 spiro atoms. The number of non-ortho nitro benzene ring substituents is 1. The number of nitrogens with one attached hydrogen (secondary N) is 2. The van der Waals surface area contributed by atoms with Crippen LogP contribution >= 0.6 is 24.0 Å². The van der Waals surface area contributed by atoms with Gasteiger partial charge in [0.25, 0.3) is 11.6 Å². The summed E-state index contributed by atoms with van der Waals surface area (Å²) in [4.78, 5) is 47.5. The van der Waals surface area contributed by atoms with Crippen molar-refractivity contribution in [2.24, 2.45) is 0 Å². The van der Waals surface area contributed by atoms with E-state index >= 15 is 0 Å². The van der Waals surface area contributed by atoms with Crippen LogP contribution in [0.15, 0.2) is 41.3 Å². The molecule has 2 aliphatic heterocycles. The van der Waals surface area contributed by atoms with Crippen molar-refractivity contribution in [1.29, 1.82) is 0 Å². The summed E-state index contributed by atoms with van der Waals surface area (Å²) in [6, 6.07) is 8.48. The number of anilines is 1. The lowest BCUT2D eigenvalue weighted by Crippen LogP contribution is -2.30. The van der Waals surface area contributed by atoms with Crippen LogP contribution < -0.4 is 20.3 Å². The largest absolute Gasteiger partial charge is 0.454 e. The Kier molecular flexibility index (Phi) is 8.38. The minimum atomic E-state index is -0.778. The summed E-state index contributed by atoms with van der Waals surface area (Å²) in [5.74, 6) is 0.700. The molecule has 4 rings (SSSR count). The average molecular weight is 560 g/mol. The average Bonchev–Trinajstić information content (AvgIpc) is 3.46. The Hall–Kier alpha value is -4.24. The second kappa shape index (κ2) is 11.9. The van der Waals surface area contributed by atoms with Crippen LogP contribution in [0.4, 0.5) is 17.1 Å². The number of fused-ring (bicyclic) bond motifs is 1. The second-order valence-corrected chi connectivity index (χ2v) is 9.82. The van der Waals surface area contributed by atoms with Crippen molar-refractivity contribution in [3.8, 4) is 11.5 Å². The van der Waals surface area contributed by atoms with Gasteiger partial charge in [-0.05, 0) is 42.7 Å². The molecule has 2 amide bonds. The maximum atomic E-state index is 12.8. The smallest absolute Gasteiger partial charge is 0.300 e. The first-order valence-corrected chi connectivity index (χ1v) is 12.6. The number of thiocarbonyl (C=S) groups is 1. The van der Waals surface area contributed by atoms with E-state index < -0.39 is 27.1 Å². The van der Waals surface area contributed by atoms with Gasteiger partial charge in [-0.25, -0.2) is 0 Å². The van der Waals surface area contributed by atoms with Crippen molar-refractivity contribution in [3.63, 3.8) is 0 Å². The van der Waals surface area contributed by atoms with Crippen LogP contribution in [0.3, 0.4) is 0 Å². The highest BCUT2D eigenvalue weighted by Crippen LogP contribution is 2.36. The number of thioether (sulfide) groups is 1. The highest BCUT2D eigenvalue weighted by atomic mass is 32.2. The molecule has 1 fully saturated rings. The van der Waals surface area contributed by atoms with Crippen LogP contribution in [-0.2, 0) is 9.59 Å². The van der Waals surface area contributed by atoms with Crippen LogP contribution in [0.5, 0.6) is 11.5 Å². The third kappa shape index (κ3) is 6.36. The Morgan fingerprint density at radius 2 is 1.87 bits per heavy atom. The Morgan fingerprint density at radius 1 is 1.08 bits per heavy atom. The van der Waals surface area contributed by atoms with E-state index in [9.17, 15) is 29.8 Å². The maximum Gasteiger partial charge on any atom is 0.300 e. The van der Waals surface area contributed by atoms with Crippen molar-refractivity contribution in [3.05, 3.63) is 67.1 Å². The molecule has 0 bridgehead atoms. The molecule has 2 aliphatic rings. The SMILES string of the molecule is O=C(CCCCCN1C(=O)C(=Cc2ccc3c(c2)OCO3)SC1=S)NNc1ccc([N+](=O)[O-])cc1[N+](=O)[O-]. The van der Waals surface area contributed by atoms with Gasteiger partial charge in [0.05, 0.1) is 20.8 Å². The summed E-state index contributed by atoms with van der Waals surface area (Å²) < 4.78 is 11.1. The molecule has 1 saturated heterocycles. The van der Waals surface area contributed by atoms with Gasteiger partial charge in [-0.15, -0.1) is 0 Å². The van der Waals surface area contributed by atoms with E-state index in [4.69, 9.17) is 21.7 Å². The van der Waals surface area contributed by atoms with Crippen molar-refractivity contribution >= 4 is 63.3 Å². The quantitative estimate of drug-likeness (QED) is 0.134. The number of rotatable bonds is 11. The Bertz CT molecular complexity index is 1350. The van der Waals surface area contributed by atoms with E-state index in [-0.39, 0.29) is 24.8 Å². The van der Waals surface area contributed by atoms with Gasteiger partial charge in [0.1, 0.15) is 10.0 Å². The molecule has 0 aromatic heterocycles. The summed E-state index contributed by atoms with van der Waals surface area (Å²) in [7, 11) is 0.